The second-order valence-electron chi connectivity index (χ2n) is 2.38. The third-order valence-corrected chi connectivity index (χ3v) is 1.36. The van der Waals surface area contributed by atoms with Crippen LogP contribution in [0.25, 0.3) is 0 Å². The number of aliphatic imine (C=N–C) groups is 1. The molecule has 0 radical (unpaired) electrons. The van der Waals surface area contributed by atoms with Gasteiger partial charge in [0.25, 0.3) is 0 Å². The van der Waals surface area contributed by atoms with E-state index in [4.69, 9.17) is 5.11 Å². The minimum Gasteiger partial charge on any atom is -0.374 e. The number of aliphatic hydroxyl groups is 1. The van der Waals surface area contributed by atoms with Gasteiger partial charge in [0.2, 0.25) is 5.84 Å². The summed E-state index contributed by atoms with van der Waals surface area (Å²) in [5.74, 6) is -1.17. The summed E-state index contributed by atoms with van der Waals surface area (Å²) in [4.78, 5) is 3.65. The highest BCUT2D eigenvalue weighted by molar-refractivity contribution is 5.88. The Morgan fingerprint density at radius 3 is 2.31 bits per heavy atom. The minimum absolute atomic E-state index is 0.613. The molecule has 0 amide bonds. The van der Waals surface area contributed by atoms with Gasteiger partial charge in [0.15, 0.2) is 0 Å². The van der Waals surface area contributed by atoms with Crippen LogP contribution in [0.2, 0.25) is 0 Å². The molecule has 0 aromatic heterocycles. The smallest absolute Gasteiger partial charge is 0.374 e. The molecule has 0 aliphatic carbocycles. The average Bonchev–Trinajstić information content (AvgIpc) is 1.96. The summed E-state index contributed by atoms with van der Waals surface area (Å²) in [6, 6.07) is 0. The minimum atomic E-state index is -4.58. The van der Waals surface area contributed by atoms with Crippen molar-refractivity contribution in [3.63, 3.8) is 0 Å². The number of nitrogens with zero attached hydrogens (tertiary/aromatic N) is 2. The normalized spacial score (nSPS) is 15.4. The van der Waals surface area contributed by atoms with E-state index < -0.39 is 18.2 Å². The molecule has 6 heteroatoms. The van der Waals surface area contributed by atoms with Crippen LogP contribution in [0.5, 0.6) is 0 Å². The fourth-order valence-corrected chi connectivity index (χ4v) is 0.628. The Labute approximate surface area is 74.2 Å². The van der Waals surface area contributed by atoms with Crippen LogP contribution in [0.15, 0.2) is 17.8 Å². The van der Waals surface area contributed by atoms with Crippen molar-refractivity contribution < 1.29 is 18.3 Å². The van der Waals surface area contributed by atoms with E-state index in [9.17, 15) is 13.2 Å². The van der Waals surface area contributed by atoms with Crippen molar-refractivity contribution in [1.29, 1.82) is 0 Å². The fourth-order valence-electron chi connectivity index (χ4n) is 0.628. The number of hydrogen-bond acceptors (Lipinski definition) is 2. The zero-order valence-electron chi connectivity index (χ0n) is 7.34. The molecule has 0 aliphatic heterocycles. The molecule has 76 valence electrons. The molecule has 0 aliphatic rings. The van der Waals surface area contributed by atoms with Crippen molar-refractivity contribution in [3.8, 4) is 0 Å². The number of aliphatic hydroxyl groups excluding tert-OH is 1. The highest BCUT2D eigenvalue weighted by atomic mass is 19.4. The third-order valence-electron chi connectivity index (χ3n) is 1.36. The molecule has 1 unspecified atom stereocenters. The maximum Gasteiger partial charge on any atom is 0.449 e. The Hall–Kier alpha value is -1.04. The summed E-state index contributed by atoms with van der Waals surface area (Å²) in [7, 11) is 1.10. The highest BCUT2D eigenvalue weighted by Crippen LogP contribution is 2.20. The second-order valence-corrected chi connectivity index (χ2v) is 2.38. The zero-order chi connectivity index (χ0) is 10.6. The van der Waals surface area contributed by atoms with Gasteiger partial charge in [-0.3, -0.25) is 0 Å². The molecule has 1 N–H and O–H groups in total. The van der Waals surface area contributed by atoms with E-state index >= 15 is 0 Å². The highest BCUT2D eigenvalue weighted by Gasteiger charge is 2.39. The maximum atomic E-state index is 12.2. The average molecular weight is 196 g/mol. The molecule has 0 heterocycles. The molecule has 0 aromatic rings. The van der Waals surface area contributed by atoms with Gasteiger partial charge in [-0.1, -0.05) is 6.58 Å². The van der Waals surface area contributed by atoms with Gasteiger partial charge in [0.1, 0.15) is 6.23 Å². The molecule has 0 aromatic carbocycles. The van der Waals surface area contributed by atoms with E-state index in [1.807, 2.05) is 0 Å². The van der Waals surface area contributed by atoms with Crippen LogP contribution in [0.4, 0.5) is 13.2 Å². The molecular weight excluding hydrogens is 185 g/mol. The number of amidine groups is 1. The van der Waals surface area contributed by atoms with Gasteiger partial charge < -0.3 is 10.0 Å². The van der Waals surface area contributed by atoms with E-state index in [1.54, 1.807) is 0 Å². The van der Waals surface area contributed by atoms with Gasteiger partial charge in [-0.05, 0) is 6.92 Å². The first-order valence-electron chi connectivity index (χ1n) is 3.47. The van der Waals surface area contributed by atoms with Crippen LogP contribution in [0.1, 0.15) is 6.92 Å². The van der Waals surface area contributed by atoms with Crippen LogP contribution >= 0.6 is 0 Å². The SMILES string of the molecule is C=CN=C(N(C)C(C)O)C(F)(F)F. The number of hydrogen-bond donors (Lipinski definition) is 1. The van der Waals surface area contributed by atoms with E-state index in [2.05, 4.69) is 11.6 Å². The van der Waals surface area contributed by atoms with Gasteiger partial charge in [0, 0.05) is 13.2 Å². The molecular formula is C7H11F3N2O. The van der Waals surface area contributed by atoms with E-state index in [0.717, 1.165) is 13.2 Å². The van der Waals surface area contributed by atoms with Gasteiger partial charge in [-0.25, -0.2) is 4.99 Å². The summed E-state index contributed by atoms with van der Waals surface area (Å²) in [5, 5.41) is 8.89. The van der Waals surface area contributed by atoms with Crippen molar-refractivity contribution in [2.45, 2.75) is 19.3 Å². The standard InChI is InChI=1S/C7H11F3N2O/c1-4-11-6(7(8,9)10)12(3)5(2)13/h4-5,13H,1H2,2-3H3. The van der Waals surface area contributed by atoms with Crippen molar-refractivity contribution in [1.82, 2.24) is 4.90 Å². The molecule has 0 spiro atoms. The quantitative estimate of drug-likeness (QED) is 0.411. The van der Waals surface area contributed by atoms with Crippen LogP contribution in [0, 0.1) is 0 Å². The number of alkyl halides is 3. The van der Waals surface area contributed by atoms with Gasteiger partial charge in [0.05, 0.1) is 0 Å². The predicted molar refractivity (Wildman–Crippen MR) is 43.1 cm³/mol. The van der Waals surface area contributed by atoms with Gasteiger partial charge >= 0.3 is 6.18 Å². The second kappa shape index (κ2) is 4.27. The first-order valence-corrected chi connectivity index (χ1v) is 3.47. The van der Waals surface area contributed by atoms with E-state index in [1.165, 1.54) is 6.92 Å². The van der Waals surface area contributed by atoms with Crippen molar-refractivity contribution in [3.05, 3.63) is 12.8 Å². The first kappa shape index (κ1) is 12.0. The molecule has 0 fully saturated rings. The summed E-state index contributed by atoms with van der Waals surface area (Å²) in [6.07, 6.45) is -5.05. The number of halogens is 3. The van der Waals surface area contributed by atoms with Crippen molar-refractivity contribution in [2.75, 3.05) is 7.05 Å². The lowest BCUT2D eigenvalue weighted by Gasteiger charge is -2.24. The Morgan fingerprint density at radius 2 is 2.08 bits per heavy atom. The number of rotatable bonds is 2. The predicted octanol–water partition coefficient (Wildman–Crippen LogP) is 1.36. The Bertz CT molecular complexity index is 210. The fraction of sp³-hybridized carbons (Fsp3) is 0.571. The largest absolute Gasteiger partial charge is 0.449 e. The summed E-state index contributed by atoms with van der Waals surface area (Å²) in [6.45, 7) is 4.27. The van der Waals surface area contributed by atoms with E-state index in [0.29, 0.717) is 4.90 Å². The van der Waals surface area contributed by atoms with Gasteiger partial charge in [-0.2, -0.15) is 13.2 Å². The summed E-state index contributed by atoms with van der Waals surface area (Å²) >= 11 is 0. The molecule has 13 heavy (non-hydrogen) atoms. The lowest BCUT2D eigenvalue weighted by Crippen LogP contribution is -2.43. The summed E-state index contributed by atoms with van der Waals surface area (Å²) < 4.78 is 36.6. The maximum absolute atomic E-state index is 12.2. The van der Waals surface area contributed by atoms with Crippen molar-refractivity contribution >= 4 is 5.84 Å². The topological polar surface area (TPSA) is 35.8 Å². The molecule has 1 atom stereocenters. The molecule has 0 saturated carbocycles. The van der Waals surface area contributed by atoms with Gasteiger partial charge in [-0.15, -0.1) is 0 Å². The molecule has 3 nitrogen and oxygen atoms in total. The molecule has 0 saturated heterocycles. The van der Waals surface area contributed by atoms with Crippen LogP contribution in [-0.4, -0.2) is 35.3 Å². The van der Waals surface area contributed by atoms with Crippen LogP contribution in [-0.2, 0) is 0 Å². The zero-order valence-corrected chi connectivity index (χ0v) is 7.34. The van der Waals surface area contributed by atoms with E-state index in [-0.39, 0.29) is 0 Å². The Morgan fingerprint density at radius 1 is 1.62 bits per heavy atom. The van der Waals surface area contributed by atoms with Crippen LogP contribution in [0.3, 0.4) is 0 Å². The lowest BCUT2D eigenvalue weighted by molar-refractivity contribution is -0.0759. The Balaban J connectivity index is 4.83. The first-order chi connectivity index (χ1) is 5.80. The van der Waals surface area contributed by atoms with Crippen LogP contribution < -0.4 is 0 Å². The summed E-state index contributed by atoms with van der Waals surface area (Å²) in [5.41, 5.74) is 0. The monoisotopic (exact) mass is 196 g/mol. The lowest BCUT2D eigenvalue weighted by atomic mass is 10.4. The third kappa shape index (κ3) is 3.45. The molecule has 0 rings (SSSR count). The molecule has 0 bridgehead atoms. The Kier molecular flexibility index (Phi) is 3.93. The van der Waals surface area contributed by atoms with Crippen molar-refractivity contribution in [2.24, 2.45) is 4.99 Å².